The molecule has 1 heterocycles. The van der Waals surface area contributed by atoms with Crippen LogP contribution in [-0.2, 0) is 4.79 Å². The number of carbonyl (C=O) groups is 1. The summed E-state index contributed by atoms with van der Waals surface area (Å²) in [7, 11) is 3.90. The average Bonchev–Trinajstić information content (AvgIpc) is 2.98. The van der Waals surface area contributed by atoms with Gasteiger partial charge < -0.3 is 14.5 Å². The predicted molar refractivity (Wildman–Crippen MR) is 89.6 cm³/mol. The van der Waals surface area contributed by atoms with E-state index < -0.39 is 0 Å². The van der Waals surface area contributed by atoms with Gasteiger partial charge in [0, 0.05) is 6.54 Å². The van der Waals surface area contributed by atoms with Crippen LogP contribution in [0.5, 0.6) is 5.75 Å². The number of aryl methyl sites for hydroxylation is 2. The zero-order valence-electron chi connectivity index (χ0n) is 14.1. The molecule has 1 amide bonds. The highest BCUT2D eigenvalue weighted by Crippen LogP contribution is 2.18. The molecule has 23 heavy (non-hydrogen) atoms. The molecule has 2 aromatic rings. The summed E-state index contributed by atoms with van der Waals surface area (Å²) >= 11 is 0. The largest absolute Gasteiger partial charge is 0.484 e. The minimum absolute atomic E-state index is 0.00119. The number of ether oxygens (including phenoxy) is 1. The molecule has 0 saturated carbocycles. The quantitative estimate of drug-likeness (QED) is 0.853. The first-order valence-electron chi connectivity index (χ1n) is 7.63. The van der Waals surface area contributed by atoms with E-state index in [0.717, 1.165) is 16.9 Å². The molecule has 0 aliphatic carbocycles. The third kappa shape index (κ3) is 5.14. The van der Waals surface area contributed by atoms with E-state index in [2.05, 4.69) is 11.4 Å². The Labute approximate surface area is 137 Å². The Morgan fingerprint density at radius 2 is 1.96 bits per heavy atom. The highest BCUT2D eigenvalue weighted by molar-refractivity contribution is 5.77. The molecule has 1 aromatic heterocycles. The molecule has 0 saturated heterocycles. The fourth-order valence-corrected chi connectivity index (χ4v) is 2.45. The molecule has 1 atom stereocenters. The number of nitrogens with zero attached hydrogens (tertiary/aromatic N) is 1. The second kappa shape index (κ2) is 7.83. The standard InChI is InChI=1S/C18H24N2O3/c1-13-8-14(2)10-15(9-13)23-12-18(21)19-11-16(20(3)4)17-6-5-7-22-17/h5-10,16H,11-12H2,1-4H3,(H,19,21)/t16-/m1/s1. The van der Waals surface area contributed by atoms with Gasteiger partial charge in [0.1, 0.15) is 11.5 Å². The van der Waals surface area contributed by atoms with Crippen molar-refractivity contribution < 1.29 is 13.9 Å². The molecule has 0 bridgehead atoms. The molecule has 0 radical (unpaired) electrons. The fraction of sp³-hybridized carbons (Fsp3) is 0.389. The number of furan rings is 1. The number of nitrogens with one attached hydrogen (secondary N) is 1. The second-order valence-corrected chi connectivity index (χ2v) is 5.91. The Kier molecular flexibility index (Phi) is 5.82. The van der Waals surface area contributed by atoms with Gasteiger partial charge in [-0.05, 0) is 63.3 Å². The molecule has 2 rings (SSSR count). The Morgan fingerprint density at radius 1 is 1.26 bits per heavy atom. The van der Waals surface area contributed by atoms with Gasteiger partial charge in [-0.1, -0.05) is 6.07 Å². The molecular weight excluding hydrogens is 292 g/mol. The first-order valence-corrected chi connectivity index (χ1v) is 7.63. The number of amides is 1. The van der Waals surface area contributed by atoms with Crippen molar-refractivity contribution in [1.82, 2.24) is 10.2 Å². The van der Waals surface area contributed by atoms with Crippen molar-refractivity contribution in [1.29, 1.82) is 0 Å². The molecular formula is C18H24N2O3. The van der Waals surface area contributed by atoms with Gasteiger partial charge in [-0.15, -0.1) is 0 Å². The van der Waals surface area contributed by atoms with Crippen LogP contribution in [0.25, 0.3) is 0 Å². The van der Waals surface area contributed by atoms with Gasteiger partial charge >= 0.3 is 0 Å². The SMILES string of the molecule is Cc1cc(C)cc(OCC(=O)NC[C@H](c2ccco2)N(C)C)c1. The van der Waals surface area contributed by atoms with Crippen LogP contribution < -0.4 is 10.1 Å². The number of hydrogen-bond donors (Lipinski definition) is 1. The summed E-state index contributed by atoms with van der Waals surface area (Å²) in [6, 6.07) is 9.66. The Morgan fingerprint density at radius 3 is 2.52 bits per heavy atom. The van der Waals surface area contributed by atoms with Crippen molar-refractivity contribution >= 4 is 5.91 Å². The van der Waals surface area contributed by atoms with E-state index in [9.17, 15) is 4.79 Å². The average molecular weight is 316 g/mol. The monoisotopic (exact) mass is 316 g/mol. The van der Waals surface area contributed by atoms with E-state index in [-0.39, 0.29) is 18.6 Å². The Balaban J connectivity index is 1.84. The molecule has 1 aromatic carbocycles. The van der Waals surface area contributed by atoms with Gasteiger partial charge in [0.2, 0.25) is 0 Å². The third-order valence-corrected chi connectivity index (χ3v) is 3.55. The Bertz CT molecular complexity index is 615. The van der Waals surface area contributed by atoms with Crippen LogP contribution in [0.1, 0.15) is 22.9 Å². The number of benzene rings is 1. The minimum Gasteiger partial charge on any atom is -0.484 e. The normalized spacial score (nSPS) is 12.2. The zero-order valence-corrected chi connectivity index (χ0v) is 14.1. The molecule has 0 fully saturated rings. The summed E-state index contributed by atoms with van der Waals surface area (Å²) in [4.78, 5) is 14.0. The molecule has 124 valence electrons. The second-order valence-electron chi connectivity index (χ2n) is 5.91. The summed E-state index contributed by atoms with van der Waals surface area (Å²) < 4.78 is 11.0. The number of hydrogen-bond acceptors (Lipinski definition) is 4. The summed E-state index contributed by atoms with van der Waals surface area (Å²) in [5.74, 6) is 1.39. The van der Waals surface area contributed by atoms with Gasteiger partial charge in [0.05, 0.1) is 12.3 Å². The van der Waals surface area contributed by atoms with Crippen LogP contribution in [0.15, 0.2) is 41.0 Å². The van der Waals surface area contributed by atoms with Crippen LogP contribution in [-0.4, -0.2) is 38.1 Å². The smallest absolute Gasteiger partial charge is 0.258 e. The molecule has 1 N–H and O–H groups in total. The predicted octanol–water partition coefficient (Wildman–Crippen LogP) is 2.69. The first kappa shape index (κ1) is 17.1. The van der Waals surface area contributed by atoms with Gasteiger partial charge in [-0.25, -0.2) is 0 Å². The van der Waals surface area contributed by atoms with E-state index in [1.54, 1.807) is 6.26 Å². The van der Waals surface area contributed by atoms with Crippen molar-refractivity contribution in [2.45, 2.75) is 19.9 Å². The summed E-state index contributed by atoms with van der Waals surface area (Å²) in [5.41, 5.74) is 2.23. The van der Waals surface area contributed by atoms with Gasteiger partial charge in [0.15, 0.2) is 6.61 Å². The zero-order chi connectivity index (χ0) is 16.8. The van der Waals surface area contributed by atoms with Crippen molar-refractivity contribution in [2.75, 3.05) is 27.2 Å². The summed E-state index contributed by atoms with van der Waals surface area (Å²) in [6.07, 6.45) is 1.64. The van der Waals surface area contributed by atoms with E-state index >= 15 is 0 Å². The van der Waals surface area contributed by atoms with Crippen molar-refractivity contribution in [3.8, 4) is 5.75 Å². The number of carbonyl (C=O) groups excluding carboxylic acids is 1. The first-order chi connectivity index (χ1) is 11.0. The van der Waals surface area contributed by atoms with Gasteiger partial charge in [0.25, 0.3) is 5.91 Å². The maximum atomic E-state index is 12.0. The lowest BCUT2D eigenvalue weighted by Crippen LogP contribution is -2.36. The van der Waals surface area contributed by atoms with Crippen molar-refractivity contribution in [3.63, 3.8) is 0 Å². The summed E-state index contributed by atoms with van der Waals surface area (Å²) in [6.45, 7) is 4.48. The molecule has 5 nitrogen and oxygen atoms in total. The molecule has 0 aliphatic heterocycles. The van der Waals surface area contributed by atoms with Crippen LogP contribution in [0.3, 0.4) is 0 Å². The molecule has 0 spiro atoms. The van der Waals surface area contributed by atoms with E-state index in [0.29, 0.717) is 12.3 Å². The maximum absolute atomic E-state index is 12.0. The highest BCUT2D eigenvalue weighted by atomic mass is 16.5. The van der Waals surface area contributed by atoms with Crippen LogP contribution in [0, 0.1) is 13.8 Å². The highest BCUT2D eigenvalue weighted by Gasteiger charge is 2.17. The van der Waals surface area contributed by atoms with E-state index in [4.69, 9.17) is 9.15 Å². The van der Waals surface area contributed by atoms with Crippen LogP contribution in [0.4, 0.5) is 0 Å². The summed E-state index contributed by atoms with van der Waals surface area (Å²) in [5, 5.41) is 2.89. The van der Waals surface area contributed by atoms with E-state index in [1.165, 1.54) is 0 Å². The lowest BCUT2D eigenvalue weighted by molar-refractivity contribution is -0.123. The van der Waals surface area contributed by atoms with Crippen molar-refractivity contribution in [2.24, 2.45) is 0 Å². The molecule has 0 aliphatic rings. The maximum Gasteiger partial charge on any atom is 0.258 e. The van der Waals surface area contributed by atoms with E-state index in [1.807, 2.05) is 57.1 Å². The van der Waals surface area contributed by atoms with Crippen LogP contribution >= 0.6 is 0 Å². The van der Waals surface area contributed by atoms with Crippen LogP contribution in [0.2, 0.25) is 0 Å². The fourth-order valence-electron chi connectivity index (χ4n) is 2.45. The molecule has 0 unspecified atom stereocenters. The topological polar surface area (TPSA) is 54.7 Å². The molecule has 5 heteroatoms. The van der Waals surface area contributed by atoms with Gasteiger partial charge in [-0.2, -0.15) is 0 Å². The third-order valence-electron chi connectivity index (χ3n) is 3.55. The van der Waals surface area contributed by atoms with Gasteiger partial charge in [-0.3, -0.25) is 9.69 Å². The van der Waals surface area contributed by atoms with Crippen molar-refractivity contribution in [3.05, 3.63) is 53.5 Å². The minimum atomic E-state index is -0.150. The number of likely N-dealkylation sites (N-methyl/N-ethyl adjacent to an activating group) is 1. The lowest BCUT2D eigenvalue weighted by atomic mass is 10.1. The lowest BCUT2D eigenvalue weighted by Gasteiger charge is -2.22. The Hall–Kier alpha value is -2.27. The number of rotatable bonds is 7.